The van der Waals surface area contributed by atoms with Gasteiger partial charge in [-0.05, 0) is 37.8 Å². The standard InChI is InChI=1S/C14H18Cl2N2O/c1-8(11-3-2-4-12(15)13(11)16)18-14(19)9-5-6-10(17)7-9/h2-4,8-10H,5-7,17H2,1H3,(H,18,19)/t8-,9+,10+/m0/s1. The van der Waals surface area contributed by atoms with Crippen molar-refractivity contribution in [2.24, 2.45) is 11.7 Å². The molecule has 1 aromatic carbocycles. The van der Waals surface area contributed by atoms with Gasteiger partial charge in [-0.15, -0.1) is 0 Å². The highest BCUT2D eigenvalue weighted by Gasteiger charge is 2.28. The van der Waals surface area contributed by atoms with Gasteiger partial charge in [0.2, 0.25) is 5.91 Å². The van der Waals surface area contributed by atoms with Gasteiger partial charge in [-0.1, -0.05) is 35.3 Å². The van der Waals surface area contributed by atoms with Crippen LogP contribution in [0, 0.1) is 5.92 Å². The third-order valence-corrected chi connectivity index (χ3v) is 4.48. The zero-order valence-electron chi connectivity index (χ0n) is 10.8. The Kier molecular flexibility index (Phi) is 4.71. The van der Waals surface area contributed by atoms with Crippen LogP contribution >= 0.6 is 23.2 Å². The summed E-state index contributed by atoms with van der Waals surface area (Å²) < 4.78 is 0. The van der Waals surface area contributed by atoms with Crippen molar-refractivity contribution < 1.29 is 4.79 Å². The lowest BCUT2D eigenvalue weighted by Crippen LogP contribution is -2.32. The summed E-state index contributed by atoms with van der Waals surface area (Å²) in [6, 6.07) is 5.44. The van der Waals surface area contributed by atoms with Gasteiger partial charge in [0.1, 0.15) is 0 Å². The summed E-state index contributed by atoms with van der Waals surface area (Å²) in [6.07, 6.45) is 2.55. The number of carbonyl (C=O) groups is 1. The van der Waals surface area contributed by atoms with E-state index in [-0.39, 0.29) is 23.9 Å². The van der Waals surface area contributed by atoms with Gasteiger partial charge in [-0.2, -0.15) is 0 Å². The molecule has 0 heterocycles. The van der Waals surface area contributed by atoms with Crippen LogP contribution in [0.15, 0.2) is 18.2 Å². The first-order valence-corrected chi connectivity index (χ1v) is 7.24. The van der Waals surface area contributed by atoms with Crippen molar-refractivity contribution in [1.29, 1.82) is 0 Å². The number of amides is 1. The molecule has 1 aromatic rings. The lowest BCUT2D eigenvalue weighted by molar-refractivity contribution is -0.125. The average molecular weight is 301 g/mol. The number of halogens is 2. The van der Waals surface area contributed by atoms with E-state index in [4.69, 9.17) is 28.9 Å². The summed E-state index contributed by atoms with van der Waals surface area (Å²) in [7, 11) is 0. The highest BCUT2D eigenvalue weighted by atomic mass is 35.5. The van der Waals surface area contributed by atoms with Gasteiger partial charge in [0.15, 0.2) is 0 Å². The quantitative estimate of drug-likeness (QED) is 0.900. The molecule has 2 rings (SSSR count). The van der Waals surface area contributed by atoms with E-state index in [1.165, 1.54) is 0 Å². The molecule has 0 aliphatic heterocycles. The molecule has 1 fully saturated rings. The number of rotatable bonds is 3. The molecule has 0 unspecified atom stereocenters. The number of hydrogen-bond donors (Lipinski definition) is 2. The fourth-order valence-electron chi connectivity index (χ4n) is 2.52. The van der Waals surface area contributed by atoms with E-state index >= 15 is 0 Å². The summed E-state index contributed by atoms with van der Waals surface area (Å²) in [4.78, 5) is 12.1. The van der Waals surface area contributed by atoms with Crippen LogP contribution < -0.4 is 11.1 Å². The topological polar surface area (TPSA) is 55.1 Å². The van der Waals surface area contributed by atoms with E-state index in [1.54, 1.807) is 6.07 Å². The number of benzene rings is 1. The maximum Gasteiger partial charge on any atom is 0.223 e. The van der Waals surface area contributed by atoms with Gasteiger partial charge in [-0.3, -0.25) is 4.79 Å². The molecular weight excluding hydrogens is 283 g/mol. The molecule has 0 spiro atoms. The second kappa shape index (κ2) is 6.12. The van der Waals surface area contributed by atoms with E-state index in [2.05, 4.69) is 5.32 Å². The largest absolute Gasteiger partial charge is 0.349 e. The predicted molar refractivity (Wildman–Crippen MR) is 78.3 cm³/mol. The van der Waals surface area contributed by atoms with E-state index in [0.29, 0.717) is 10.0 Å². The molecule has 0 bridgehead atoms. The molecular formula is C14H18Cl2N2O. The Morgan fingerprint density at radius 1 is 1.42 bits per heavy atom. The highest BCUT2D eigenvalue weighted by molar-refractivity contribution is 6.42. The van der Waals surface area contributed by atoms with Gasteiger partial charge < -0.3 is 11.1 Å². The monoisotopic (exact) mass is 300 g/mol. The van der Waals surface area contributed by atoms with Gasteiger partial charge in [0.25, 0.3) is 0 Å². The zero-order chi connectivity index (χ0) is 14.0. The van der Waals surface area contributed by atoms with Crippen LogP contribution in [-0.4, -0.2) is 11.9 Å². The summed E-state index contributed by atoms with van der Waals surface area (Å²) in [5.74, 6) is 0.0758. The van der Waals surface area contributed by atoms with Crippen LogP contribution in [-0.2, 0) is 4.79 Å². The fourth-order valence-corrected chi connectivity index (χ4v) is 2.99. The molecule has 19 heavy (non-hydrogen) atoms. The lowest BCUT2D eigenvalue weighted by Gasteiger charge is -2.19. The molecule has 1 saturated carbocycles. The minimum atomic E-state index is -0.157. The van der Waals surface area contributed by atoms with E-state index in [1.807, 2.05) is 19.1 Å². The molecule has 5 heteroatoms. The Balaban J connectivity index is 2.02. The molecule has 104 valence electrons. The summed E-state index contributed by atoms with van der Waals surface area (Å²) in [5, 5.41) is 3.99. The Labute approximate surface area is 123 Å². The van der Waals surface area contributed by atoms with Crippen molar-refractivity contribution in [2.75, 3.05) is 0 Å². The molecule has 1 aliphatic rings. The van der Waals surface area contributed by atoms with Gasteiger partial charge in [-0.25, -0.2) is 0 Å². The van der Waals surface area contributed by atoms with Crippen molar-refractivity contribution in [3.8, 4) is 0 Å². The minimum Gasteiger partial charge on any atom is -0.349 e. The first-order chi connectivity index (χ1) is 8.99. The van der Waals surface area contributed by atoms with Crippen molar-refractivity contribution in [3.05, 3.63) is 33.8 Å². The van der Waals surface area contributed by atoms with E-state index in [9.17, 15) is 4.79 Å². The second-order valence-electron chi connectivity index (χ2n) is 5.14. The average Bonchev–Trinajstić information content (AvgIpc) is 2.79. The van der Waals surface area contributed by atoms with Crippen molar-refractivity contribution >= 4 is 29.1 Å². The Morgan fingerprint density at radius 3 is 2.79 bits per heavy atom. The summed E-state index contributed by atoms with van der Waals surface area (Å²) in [6.45, 7) is 1.91. The maximum absolute atomic E-state index is 12.1. The number of hydrogen-bond acceptors (Lipinski definition) is 2. The van der Waals surface area contributed by atoms with E-state index < -0.39 is 0 Å². The molecule has 3 nitrogen and oxygen atoms in total. The lowest BCUT2D eigenvalue weighted by atomic mass is 10.0. The number of carbonyl (C=O) groups excluding carboxylic acids is 1. The molecule has 1 aliphatic carbocycles. The summed E-state index contributed by atoms with van der Waals surface area (Å²) in [5.41, 5.74) is 6.67. The molecule has 0 aromatic heterocycles. The van der Waals surface area contributed by atoms with Crippen molar-refractivity contribution in [3.63, 3.8) is 0 Å². The Morgan fingerprint density at radius 2 is 2.16 bits per heavy atom. The zero-order valence-corrected chi connectivity index (χ0v) is 12.3. The SMILES string of the molecule is C[C@H](NC(=O)[C@@H]1CC[C@@H](N)C1)c1cccc(Cl)c1Cl. The molecule has 0 radical (unpaired) electrons. The van der Waals surface area contributed by atoms with E-state index in [0.717, 1.165) is 24.8 Å². The predicted octanol–water partition coefficient (Wildman–Crippen LogP) is 3.30. The second-order valence-corrected chi connectivity index (χ2v) is 5.93. The van der Waals surface area contributed by atoms with Crippen molar-refractivity contribution in [2.45, 2.75) is 38.3 Å². The third kappa shape index (κ3) is 3.41. The number of nitrogens with two attached hydrogens (primary N) is 1. The minimum absolute atomic E-state index is 0.0235. The fraction of sp³-hybridized carbons (Fsp3) is 0.500. The maximum atomic E-state index is 12.1. The first-order valence-electron chi connectivity index (χ1n) is 6.49. The summed E-state index contributed by atoms with van der Waals surface area (Å²) >= 11 is 12.1. The van der Waals surface area contributed by atoms with Crippen LogP contribution in [0.25, 0.3) is 0 Å². The highest BCUT2D eigenvalue weighted by Crippen LogP contribution is 2.30. The number of nitrogens with one attached hydrogen (secondary N) is 1. The molecule has 3 N–H and O–H groups in total. The first kappa shape index (κ1) is 14.6. The molecule has 1 amide bonds. The Bertz CT molecular complexity index is 479. The normalized spacial score (nSPS) is 24.2. The van der Waals surface area contributed by atoms with Crippen LogP contribution in [0.1, 0.15) is 37.8 Å². The van der Waals surface area contributed by atoms with Crippen LogP contribution in [0.5, 0.6) is 0 Å². The third-order valence-electron chi connectivity index (χ3n) is 3.65. The van der Waals surface area contributed by atoms with Crippen LogP contribution in [0.4, 0.5) is 0 Å². The Hall–Kier alpha value is -0.770. The molecule has 0 saturated heterocycles. The van der Waals surface area contributed by atoms with Crippen molar-refractivity contribution in [1.82, 2.24) is 5.32 Å². The van der Waals surface area contributed by atoms with Gasteiger partial charge in [0, 0.05) is 12.0 Å². The smallest absolute Gasteiger partial charge is 0.223 e. The molecule has 3 atom stereocenters. The van der Waals surface area contributed by atoms with Gasteiger partial charge in [0.05, 0.1) is 16.1 Å². The van der Waals surface area contributed by atoms with Crippen LogP contribution in [0.2, 0.25) is 10.0 Å². The van der Waals surface area contributed by atoms with Gasteiger partial charge >= 0.3 is 0 Å². The van der Waals surface area contributed by atoms with Crippen LogP contribution in [0.3, 0.4) is 0 Å².